The zero-order valence-corrected chi connectivity index (χ0v) is 10.1. The third-order valence-electron chi connectivity index (χ3n) is 3.50. The first-order valence-electron chi connectivity index (χ1n) is 6.18. The number of aryl methyl sites for hydroxylation is 1. The molecule has 0 unspecified atom stereocenters. The van der Waals surface area contributed by atoms with E-state index in [0.717, 1.165) is 24.3 Å². The van der Waals surface area contributed by atoms with Crippen molar-refractivity contribution in [1.29, 1.82) is 0 Å². The zero-order valence-electron chi connectivity index (χ0n) is 10.1. The van der Waals surface area contributed by atoms with E-state index in [1.165, 1.54) is 12.8 Å². The fraction of sp³-hybridized carbons (Fsp3) is 0.571. The number of benzene rings is 1. The lowest BCUT2D eigenvalue weighted by molar-refractivity contribution is 0.360. The van der Waals surface area contributed by atoms with Crippen LogP contribution in [0.1, 0.15) is 38.2 Å². The van der Waals surface area contributed by atoms with Gasteiger partial charge in [0.1, 0.15) is 5.82 Å². The molecule has 0 aromatic heterocycles. The van der Waals surface area contributed by atoms with Gasteiger partial charge in [0.25, 0.3) is 0 Å². The molecule has 0 spiro atoms. The molecule has 1 nitrogen and oxygen atoms in total. The van der Waals surface area contributed by atoms with Gasteiger partial charge in [-0.05, 0) is 56.2 Å². The largest absolute Gasteiger partial charge is 0.380 e. The lowest BCUT2D eigenvalue weighted by atomic mass is 9.87. The van der Waals surface area contributed by atoms with Crippen molar-refractivity contribution < 1.29 is 4.39 Å². The van der Waals surface area contributed by atoms with Gasteiger partial charge in [-0.3, -0.25) is 0 Å². The molecular weight excluding hydrogens is 201 g/mol. The molecule has 88 valence electrons. The molecule has 1 fully saturated rings. The number of rotatable bonds is 2. The average molecular weight is 221 g/mol. The summed E-state index contributed by atoms with van der Waals surface area (Å²) in [5, 5.41) is 3.32. The fourth-order valence-corrected chi connectivity index (χ4v) is 2.36. The topological polar surface area (TPSA) is 12.0 Å². The summed E-state index contributed by atoms with van der Waals surface area (Å²) < 4.78 is 13.6. The Balaban J connectivity index is 1.98. The summed E-state index contributed by atoms with van der Waals surface area (Å²) in [5.74, 6) is 0.708. The van der Waals surface area contributed by atoms with E-state index in [9.17, 15) is 4.39 Å². The molecule has 0 amide bonds. The van der Waals surface area contributed by atoms with E-state index in [2.05, 4.69) is 12.2 Å². The molecule has 2 heteroatoms. The van der Waals surface area contributed by atoms with Crippen molar-refractivity contribution in [2.24, 2.45) is 5.92 Å². The normalized spacial score (nSPS) is 25.4. The van der Waals surface area contributed by atoms with Crippen molar-refractivity contribution in [3.05, 3.63) is 29.6 Å². The predicted molar refractivity (Wildman–Crippen MR) is 66.2 cm³/mol. The van der Waals surface area contributed by atoms with Crippen molar-refractivity contribution in [2.75, 3.05) is 5.32 Å². The van der Waals surface area contributed by atoms with Crippen LogP contribution in [0.3, 0.4) is 0 Å². The van der Waals surface area contributed by atoms with Gasteiger partial charge in [-0.1, -0.05) is 13.0 Å². The van der Waals surface area contributed by atoms with Crippen LogP contribution in [0, 0.1) is 18.7 Å². The van der Waals surface area contributed by atoms with Crippen LogP contribution in [-0.4, -0.2) is 6.04 Å². The minimum atomic E-state index is -0.126. The Kier molecular flexibility index (Phi) is 3.47. The number of hydrogen-bond acceptors (Lipinski definition) is 1. The third-order valence-corrected chi connectivity index (χ3v) is 3.50. The van der Waals surface area contributed by atoms with Gasteiger partial charge in [-0.25, -0.2) is 4.39 Å². The maximum atomic E-state index is 13.6. The molecule has 1 aromatic carbocycles. The number of anilines is 1. The molecule has 0 atom stereocenters. The maximum Gasteiger partial charge on any atom is 0.146 e. The summed E-state index contributed by atoms with van der Waals surface area (Å²) in [6.07, 6.45) is 4.83. The lowest BCUT2D eigenvalue weighted by Crippen LogP contribution is -2.25. The van der Waals surface area contributed by atoms with Gasteiger partial charge in [0.2, 0.25) is 0 Å². The second kappa shape index (κ2) is 4.86. The van der Waals surface area contributed by atoms with E-state index in [-0.39, 0.29) is 5.82 Å². The Labute approximate surface area is 97.1 Å². The Bertz CT molecular complexity index is 354. The molecule has 0 heterocycles. The maximum absolute atomic E-state index is 13.6. The average Bonchev–Trinajstić information content (AvgIpc) is 2.25. The lowest BCUT2D eigenvalue weighted by Gasteiger charge is -2.27. The monoisotopic (exact) mass is 221 g/mol. The first-order chi connectivity index (χ1) is 7.65. The van der Waals surface area contributed by atoms with Crippen LogP contribution in [0.5, 0.6) is 0 Å². The molecule has 1 N–H and O–H groups in total. The molecular formula is C14H20FN. The summed E-state index contributed by atoms with van der Waals surface area (Å²) in [7, 11) is 0. The highest BCUT2D eigenvalue weighted by atomic mass is 19.1. The van der Waals surface area contributed by atoms with E-state index in [0.29, 0.717) is 11.7 Å². The van der Waals surface area contributed by atoms with Crippen LogP contribution < -0.4 is 5.32 Å². The van der Waals surface area contributed by atoms with E-state index in [1.54, 1.807) is 6.07 Å². The summed E-state index contributed by atoms with van der Waals surface area (Å²) in [5.41, 5.74) is 1.63. The van der Waals surface area contributed by atoms with Crippen LogP contribution in [0.25, 0.3) is 0 Å². The Morgan fingerprint density at radius 1 is 1.19 bits per heavy atom. The van der Waals surface area contributed by atoms with Crippen molar-refractivity contribution in [2.45, 2.75) is 45.6 Å². The van der Waals surface area contributed by atoms with E-state index in [1.807, 2.05) is 19.1 Å². The standard InChI is InChI=1S/C14H20FN/c1-10-3-6-12(7-4-10)16-14-8-5-11(2)9-13(14)15/h5,8-10,12,16H,3-4,6-7H2,1-2H3. The van der Waals surface area contributed by atoms with Gasteiger partial charge < -0.3 is 5.32 Å². The van der Waals surface area contributed by atoms with Crippen molar-refractivity contribution in [3.8, 4) is 0 Å². The highest BCUT2D eigenvalue weighted by Gasteiger charge is 2.18. The van der Waals surface area contributed by atoms with Crippen LogP contribution >= 0.6 is 0 Å². The highest BCUT2D eigenvalue weighted by Crippen LogP contribution is 2.27. The highest BCUT2D eigenvalue weighted by molar-refractivity contribution is 5.47. The fourth-order valence-electron chi connectivity index (χ4n) is 2.36. The third kappa shape index (κ3) is 2.75. The quantitative estimate of drug-likeness (QED) is 0.792. The van der Waals surface area contributed by atoms with Gasteiger partial charge in [0.15, 0.2) is 0 Å². The summed E-state index contributed by atoms with van der Waals surface area (Å²) in [6, 6.07) is 5.85. The molecule has 0 radical (unpaired) electrons. The first kappa shape index (κ1) is 11.4. The minimum Gasteiger partial charge on any atom is -0.380 e. The van der Waals surface area contributed by atoms with Crippen molar-refractivity contribution in [3.63, 3.8) is 0 Å². The second-order valence-corrected chi connectivity index (χ2v) is 5.08. The first-order valence-corrected chi connectivity index (χ1v) is 6.18. The second-order valence-electron chi connectivity index (χ2n) is 5.08. The number of halogens is 1. The summed E-state index contributed by atoms with van der Waals surface area (Å²) >= 11 is 0. The van der Waals surface area contributed by atoms with Gasteiger partial charge in [-0.15, -0.1) is 0 Å². The van der Waals surface area contributed by atoms with E-state index < -0.39 is 0 Å². The predicted octanol–water partition coefficient (Wildman–Crippen LogP) is 4.12. The van der Waals surface area contributed by atoms with Crippen LogP contribution in [-0.2, 0) is 0 Å². The van der Waals surface area contributed by atoms with Crippen molar-refractivity contribution >= 4 is 5.69 Å². The van der Waals surface area contributed by atoms with Gasteiger partial charge in [-0.2, -0.15) is 0 Å². The molecule has 1 aliphatic carbocycles. The van der Waals surface area contributed by atoms with E-state index >= 15 is 0 Å². The molecule has 1 aliphatic rings. The van der Waals surface area contributed by atoms with Crippen molar-refractivity contribution in [1.82, 2.24) is 0 Å². The van der Waals surface area contributed by atoms with Gasteiger partial charge >= 0.3 is 0 Å². The van der Waals surface area contributed by atoms with Crippen LogP contribution in [0.4, 0.5) is 10.1 Å². The molecule has 0 bridgehead atoms. The van der Waals surface area contributed by atoms with Gasteiger partial charge in [0, 0.05) is 6.04 Å². The van der Waals surface area contributed by atoms with Crippen LogP contribution in [0.15, 0.2) is 18.2 Å². The SMILES string of the molecule is Cc1ccc(NC2CCC(C)CC2)c(F)c1. The minimum absolute atomic E-state index is 0.126. The van der Waals surface area contributed by atoms with Crippen LogP contribution in [0.2, 0.25) is 0 Å². The summed E-state index contributed by atoms with van der Waals surface area (Å²) in [4.78, 5) is 0. The molecule has 2 rings (SSSR count). The molecule has 16 heavy (non-hydrogen) atoms. The van der Waals surface area contributed by atoms with E-state index in [4.69, 9.17) is 0 Å². The van der Waals surface area contributed by atoms with Gasteiger partial charge in [0.05, 0.1) is 5.69 Å². The Morgan fingerprint density at radius 2 is 1.88 bits per heavy atom. The smallest absolute Gasteiger partial charge is 0.146 e. The Morgan fingerprint density at radius 3 is 2.50 bits per heavy atom. The zero-order chi connectivity index (χ0) is 11.5. The number of hydrogen-bond donors (Lipinski definition) is 1. The summed E-state index contributed by atoms with van der Waals surface area (Å²) in [6.45, 7) is 4.21. The molecule has 1 aromatic rings. The molecule has 1 saturated carbocycles. The molecule has 0 aliphatic heterocycles. The molecule has 0 saturated heterocycles. The number of nitrogens with one attached hydrogen (secondary N) is 1. The Hall–Kier alpha value is -1.05.